The molecule has 1 aliphatic heterocycles. The van der Waals surface area contributed by atoms with E-state index in [1.807, 2.05) is 0 Å². The van der Waals surface area contributed by atoms with Crippen LogP contribution in [0.4, 0.5) is 4.39 Å². The van der Waals surface area contributed by atoms with E-state index in [-0.39, 0.29) is 42.9 Å². The van der Waals surface area contributed by atoms with Gasteiger partial charge in [0.1, 0.15) is 0 Å². The van der Waals surface area contributed by atoms with E-state index in [9.17, 15) is 17.6 Å². The smallest absolute Gasteiger partial charge is 0.263 e. The highest BCUT2D eigenvalue weighted by molar-refractivity contribution is 7.89. The highest BCUT2D eigenvalue weighted by Crippen LogP contribution is 2.20. The first-order valence-corrected chi connectivity index (χ1v) is 10.1. The van der Waals surface area contributed by atoms with Gasteiger partial charge < -0.3 is 9.64 Å². The Morgan fingerprint density at radius 1 is 1.26 bits per heavy atom. The molecule has 1 amide bonds. The second-order valence-corrected chi connectivity index (χ2v) is 8.00. The monoisotopic (exact) mass is 396 g/mol. The van der Waals surface area contributed by atoms with Gasteiger partial charge in [-0.25, -0.2) is 12.8 Å². The number of carbonyl (C=O) groups is 1. The summed E-state index contributed by atoms with van der Waals surface area (Å²) < 4.78 is 45.6. The molecule has 0 unspecified atom stereocenters. The number of aromatic nitrogens is 2. The zero-order valence-electron chi connectivity index (χ0n) is 14.8. The quantitative estimate of drug-likeness (QED) is 0.793. The van der Waals surface area contributed by atoms with Crippen molar-refractivity contribution in [3.05, 3.63) is 42.3 Å². The van der Waals surface area contributed by atoms with E-state index in [1.54, 1.807) is 24.0 Å². The summed E-state index contributed by atoms with van der Waals surface area (Å²) in [7, 11) is -3.65. The first-order chi connectivity index (χ1) is 12.9. The molecule has 1 aromatic carbocycles. The summed E-state index contributed by atoms with van der Waals surface area (Å²) in [6, 6.07) is 7.31. The van der Waals surface area contributed by atoms with Gasteiger partial charge in [0.25, 0.3) is 15.9 Å². The maximum atomic E-state index is 13.8. The fraction of sp³-hybridized carbons (Fsp3) is 0.412. The number of benzene rings is 1. The Morgan fingerprint density at radius 3 is 2.56 bits per heavy atom. The number of carbonyl (C=O) groups excluding carboxylic acids is 1. The van der Waals surface area contributed by atoms with Crippen molar-refractivity contribution < 1.29 is 22.3 Å². The molecule has 8 nitrogen and oxygen atoms in total. The Bertz CT molecular complexity index is 880. The van der Waals surface area contributed by atoms with Crippen LogP contribution in [-0.2, 0) is 14.8 Å². The SMILES string of the molecule is CC[C@@H](Oc1ccccc1F)C(=O)N1CCN(S(=O)(=O)c2ccn[nH]2)CC1. The average molecular weight is 396 g/mol. The predicted octanol–water partition coefficient (Wildman–Crippen LogP) is 1.24. The fourth-order valence-electron chi connectivity index (χ4n) is 2.88. The minimum atomic E-state index is -3.65. The molecule has 0 radical (unpaired) electrons. The summed E-state index contributed by atoms with van der Waals surface area (Å²) >= 11 is 0. The molecule has 10 heteroatoms. The van der Waals surface area contributed by atoms with Gasteiger partial charge in [-0.1, -0.05) is 19.1 Å². The van der Waals surface area contributed by atoms with E-state index in [2.05, 4.69) is 10.2 Å². The minimum Gasteiger partial charge on any atom is -0.478 e. The molecule has 1 aliphatic rings. The molecule has 27 heavy (non-hydrogen) atoms. The molecule has 2 aromatic rings. The number of H-pyrrole nitrogens is 1. The normalized spacial score (nSPS) is 16.9. The van der Waals surface area contributed by atoms with Crippen LogP contribution >= 0.6 is 0 Å². The van der Waals surface area contributed by atoms with Crippen LogP contribution in [-0.4, -0.2) is 66.0 Å². The molecule has 2 heterocycles. The van der Waals surface area contributed by atoms with Crippen molar-refractivity contribution in [1.29, 1.82) is 0 Å². The summed E-state index contributed by atoms with van der Waals surface area (Å²) in [5, 5.41) is 6.14. The number of nitrogens with one attached hydrogen (secondary N) is 1. The molecule has 1 saturated heterocycles. The zero-order chi connectivity index (χ0) is 19.4. The first kappa shape index (κ1) is 19.3. The lowest BCUT2D eigenvalue weighted by atomic mass is 10.2. The van der Waals surface area contributed by atoms with Crippen LogP contribution in [0.1, 0.15) is 13.3 Å². The van der Waals surface area contributed by atoms with Crippen LogP contribution < -0.4 is 4.74 Å². The number of halogens is 1. The van der Waals surface area contributed by atoms with Crippen molar-refractivity contribution in [2.75, 3.05) is 26.2 Å². The van der Waals surface area contributed by atoms with Gasteiger partial charge in [0.15, 0.2) is 22.7 Å². The van der Waals surface area contributed by atoms with Crippen molar-refractivity contribution in [3.63, 3.8) is 0 Å². The van der Waals surface area contributed by atoms with Gasteiger partial charge in [-0.3, -0.25) is 9.89 Å². The van der Waals surface area contributed by atoms with Crippen molar-refractivity contribution >= 4 is 15.9 Å². The predicted molar refractivity (Wildman–Crippen MR) is 95.0 cm³/mol. The van der Waals surface area contributed by atoms with E-state index in [0.717, 1.165) is 0 Å². The van der Waals surface area contributed by atoms with E-state index in [4.69, 9.17) is 4.74 Å². The maximum Gasteiger partial charge on any atom is 0.263 e. The van der Waals surface area contributed by atoms with E-state index in [1.165, 1.54) is 28.7 Å². The molecule has 3 rings (SSSR count). The molecule has 1 aromatic heterocycles. The number of hydrogen-bond donors (Lipinski definition) is 1. The van der Waals surface area contributed by atoms with Gasteiger partial charge in [0, 0.05) is 26.2 Å². The number of sulfonamides is 1. The largest absolute Gasteiger partial charge is 0.478 e. The fourth-order valence-corrected chi connectivity index (χ4v) is 4.20. The number of amides is 1. The Labute approximate surface area is 157 Å². The van der Waals surface area contributed by atoms with Crippen molar-refractivity contribution in [3.8, 4) is 5.75 Å². The van der Waals surface area contributed by atoms with E-state index >= 15 is 0 Å². The van der Waals surface area contributed by atoms with Gasteiger partial charge in [0.2, 0.25) is 0 Å². The maximum absolute atomic E-state index is 13.8. The lowest BCUT2D eigenvalue weighted by molar-refractivity contribution is -0.140. The van der Waals surface area contributed by atoms with E-state index in [0.29, 0.717) is 6.42 Å². The van der Waals surface area contributed by atoms with E-state index < -0.39 is 21.9 Å². The number of ether oxygens (including phenoxy) is 1. The third-order valence-electron chi connectivity index (χ3n) is 4.40. The average Bonchev–Trinajstić information content (AvgIpc) is 3.23. The van der Waals surface area contributed by atoms with Crippen LogP contribution in [0.3, 0.4) is 0 Å². The molecule has 0 bridgehead atoms. The molecule has 1 N–H and O–H groups in total. The van der Waals surface area contributed by atoms with Crippen LogP contribution in [0.25, 0.3) is 0 Å². The standard InChI is InChI=1S/C17H21FN4O4S/c1-2-14(26-15-6-4-3-5-13(15)18)17(23)21-9-11-22(12-10-21)27(24,25)16-7-8-19-20-16/h3-8,14H,2,9-12H2,1H3,(H,19,20)/t14-/m1/s1. The molecule has 0 spiro atoms. The molecule has 1 fully saturated rings. The third kappa shape index (κ3) is 4.11. The van der Waals surface area contributed by atoms with Crippen LogP contribution in [0.15, 0.2) is 41.6 Å². The summed E-state index contributed by atoms with van der Waals surface area (Å²) in [6.45, 7) is 2.60. The molecular weight excluding hydrogens is 375 g/mol. The Morgan fingerprint density at radius 2 is 1.96 bits per heavy atom. The molecule has 1 atom stereocenters. The number of hydrogen-bond acceptors (Lipinski definition) is 5. The molecular formula is C17H21FN4O4S. The van der Waals surface area contributed by atoms with Crippen molar-refractivity contribution in [2.45, 2.75) is 24.5 Å². The molecule has 0 aliphatic carbocycles. The lowest BCUT2D eigenvalue weighted by Crippen LogP contribution is -2.53. The number of para-hydroxylation sites is 1. The molecule has 146 valence electrons. The lowest BCUT2D eigenvalue weighted by Gasteiger charge is -2.35. The van der Waals surface area contributed by atoms with Gasteiger partial charge in [-0.15, -0.1) is 0 Å². The molecule has 0 saturated carbocycles. The summed E-state index contributed by atoms with van der Waals surface area (Å²) in [4.78, 5) is 14.3. The van der Waals surface area contributed by atoms with Gasteiger partial charge in [-0.2, -0.15) is 9.40 Å². The van der Waals surface area contributed by atoms with Crippen molar-refractivity contribution in [2.24, 2.45) is 0 Å². The summed E-state index contributed by atoms with van der Waals surface area (Å²) in [5.74, 6) is -0.781. The van der Waals surface area contributed by atoms with Gasteiger partial charge in [-0.05, 0) is 24.6 Å². The highest BCUT2D eigenvalue weighted by Gasteiger charge is 2.33. The summed E-state index contributed by atoms with van der Waals surface area (Å²) in [6.07, 6.45) is 0.927. The first-order valence-electron chi connectivity index (χ1n) is 8.63. The van der Waals surface area contributed by atoms with Gasteiger partial charge >= 0.3 is 0 Å². The Balaban J connectivity index is 1.63. The second-order valence-electron chi connectivity index (χ2n) is 6.10. The number of piperazine rings is 1. The Hall–Kier alpha value is -2.46. The number of aromatic amines is 1. The second kappa shape index (κ2) is 8.05. The minimum absolute atomic E-state index is 0.0246. The van der Waals surface area contributed by atoms with Crippen LogP contribution in [0, 0.1) is 5.82 Å². The van der Waals surface area contributed by atoms with Gasteiger partial charge in [0.05, 0.1) is 6.20 Å². The zero-order valence-corrected chi connectivity index (χ0v) is 15.7. The topological polar surface area (TPSA) is 95.6 Å². The third-order valence-corrected chi connectivity index (χ3v) is 6.22. The number of rotatable bonds is 6. The Kier molecular flexibility index (Phi) is 5.76. The van der Waals surface area contributed by atoms with Crippen LogP contribution in [0.5, 0.6) is 5.75 Å². The highest BCUT2D eigenvalue weighted by atomic mass is 32.2. The van der Waals surface area contributed by atoms with Crippen molar-refractivity contribution in [1.82, 2.24) is 19.4 Å². The summed E-state index contributed by atoms with van der Waals surface area (Å²) in [5.41, 5.74) is 0. The number of nitrogens with zero attached hydrogens (tertiary/aromatic N) is 3. The van der Waals surface area contributed by atoms with Crippen LogP contribution in [0.2, 0.25) is 0 Å².